The van der Waals surface area contributed by atoms with Crippen molar-refractivity contribution >= 4 is 0 Å². The lowest BCUT2D eigenvalue weighted by molar-refractivity contribution is -0.189. The second kappa shape index (κ2) is 19.3. The Kier molecular flexibility index (Phi) is 15.8. The minimum Gasteiger partial charge on any atom is -0.380 e. The van der Waals surface area contributed by atoms with Gasteiger partial charge in [0.25, 0.3) is 0 Å². The molecule has 4 aliphatic rings. The molecular weight excluding hydrogens is 570 g/mol. The number of rotatable bonds is 19. The van der Waals surface area contributed by atoms with E-state index in [4.69, 9.17) is 28.4 Å². The Morgan fingerprint density at radius 3 is 1.98 bits per heavy atom. The van der Waals surface area contributed by atoms with Crippen LogP contribution < -0.4 is 0 Å². The summed E-state index contributed by atoms with van der Waals surface area (Å²) in [4.78, 5) is 7.54. The van der Waals surface area contributed by atoms with Gasteiger partial charge in [-0.15, -0.1) is 0 Å². The number of likely N-dealkylation sites (tertiary alicyclic amines) is 1. The average molecular weight is 636 g/mol. The molecule has 0 aromatic rings. The standard InChI is InChI=1S/C36H65N3O6/c1-29(2)41-18-8-15-38-22-33(6)45-35(24-38)14-13-31(4)43-19-9-16-37-21-32(5)44-34(23-37)12-7-11-30(3)42-20-10-17-39-25-36(26-39)27-40-28-36/h29-35H,8-11,13-28H2,1-6H3/t30?,31?,32-,33?,34+,35?/m0/s1. The van der Waals surface area contributed by atoms with Crippen LogP contribution in [0.1, 0.15) is 80.1 Å². The van der Waals surface area contributed by atoms with E-state index in [1.807, 2.05) is 0 Å². The fraction of sp³-hybridized carbons (Fsp3) is 0.944. The van der Waals surface area contributed by atoms with Gasteiger partial charge in [0.05, 0.1) is 49.8 Å². The summed E-state index contributed by atoms with van der Waals surface area (Å²) >= 11 is 0. The summed E-state index contributed by atoms with van der Waals surface area (Å²) in [5.74, 6) is 6.72. The van der Waals surface area contributed by atoms with Crippen molar-refractivity contribution in [2.45, 2.75) is 123 Å². The molecule has 0 aromatic carbocycles. The Bertz CT molecular complexity index is 884. The number of nitrogens with zero attached hydrogens (tertiary/aromatic N) is 3. The van der Waals surface area contributed by atoms with Crippen LogP contribution in [0.3, 0.4) is 0 Å². The zero-order valence-electron chi connectivity index (χ0n) is 29.5. The summed E-state index contributed by atoms with van der Waals surface area (Å²) < 4.78 is 35.7. The van der Waals surface area contributed by atoms with Crippen molar-refractivity contribution in [3.8, 4) is 11.8 Å². The maximum atomic E-state index is 6.25. The van der Waals surface area contributed by atoms with Gasteiger partial charge in [0, 0.05) is 90.6 Å². The van der Waals surface area contributed by atoms with Crippen molar-refractivity contribution in [1.82, 2.24) is 14.7 Å². The third kappa shape index (κ3) is 13.7. The lowest BCUT2D eigenvalue weighted by Crippen LogP contribution is -2.65. The molecule has 0 aromatic heterocycles. The number of morpholine rings is 2. The summed E-state index contributed by atoms with van der Waals surface area (Å²) in [5.41, 5.74) is 0.501. The van der Waals surface area contributed by atoms with Crippen LogP contribution in [-0.2, 0) is 28.4 Å². The Hall–Kier alpha value is -0.800. The minimum absolute atomic E-state index is 0.0322. The summed E-state index contributed by atoms with van der Waals surface area (Å²) in [6.07, 6.45) is 7.46. The van der Waals surface area contributed by atoms with Crippen molar-refractivity contribution in [2.24, 2.45) is 5.41 Å². The van der Waals surface area contributed by atoms with Crippen LogP contribution in [0.2, 0.25) is 0 Å². The first-order chi connectivity index (χ1) is 21.7. The van der Waals surface area contributed by atoms with E-state index in [0.29, 0.717) is 17.6 Å². The molecule has 4 fully saturated rings. The Balaban J connectivity index is 1.01. The van der Waals surface area contributed by atoms with Crippen molar-refractivity contribution in [3.63, 3.8) is 0 Å². The van der Waals surface area contributed by atoms with Gasteiger partial charge in [0.1, 0.15) is 6.10 Å². The fourth-order valence-corrected chi connectivity index (χ4v) is 7.05. The molecule has 9 heteroatoms. The van der Waals surface area contributed by atoms with E-state index in [1.54, 1.807) is 0 Å². The van der Waals surface area contributed by atoms with Gasteiger partial charge >= 0.3 is 0 Å². The lowest BCUT2D eigenvalue weighted by atomic mass is 9.78. The monoisotopic (exact) mass is 635 g/mol. The molecule has 0 aliphatic carbocycles. The van der Waals surface area contributed by atoms with Gasteiger partial charge in [0.15, 0.2) is 0 Å². The van der Waals surface area contributed by atoms with Crippen LogP contribution in [-0.4, -0.2) is 149 Å². The molecule has 1 spiro atoms. The van der Waals surface area contributed by atoms with Crippen LogP contribution in [0.25, 0.3) is 0 Å². The Morgan fingerprint density at radius 1 is 0.733 bits per heavy atom. The third-order valence-corrected chi connectivity index (χ3v) is 9.33. The topological polar surface area (TPSA) is 65.1 Å². The zero-order valence-corrected chi connectivity index (χ0v) is 29.5. The van der Waals surface area contributed by atoms with E-state index in [-0.39, 0.29) is 30.5 Å². The molecular formula is C36H65N3O6. The van der Waals surface area contributed by atoms with Crippen LogP contribution in [0.5, 0.6) is 0 Å². The fourth-order valence-electron chi connectivity index (χ4n) is 7.05. The average Bonchev–Trinajstić information content (AvgIpc) is 2.94. The Labute approximate surface area is 274 Å². The molecule has 6 atom stereocenters. The summed E-state index contributed by atoms with van der Waals surface area (Å²) in [5, 5.41) is 0. The molecule has 0 radical (unpaired) electrons. The second-order valence-electron chi connectivity index (χ2n) is 14.7. The maximum Gasteiger partial charge on any atom is 0.131 e. The SMILES string of the molecule is CC(C)OCCCN1CC(C)OC(CCC(C)OCCCN2C[C@@H](C#CCC(C)OCCCN3CC4(COC4)C3)O[C@@H](C)C2)C1. The minimum atomic E-state index is -0.0322. The van der Waals surface area contributed by atoms with Crippen LogP contribution in [0, 0.1) is 17.3 Å². The lowest BCUT2D eigenvalue weighted by Gasteiger charge is -2.55. The van der Waals surface area contributed by atoms with Crippen molar-refractivity contribution < 1.29 is 28.4 Å². The number of hydrogen-bond donors (Lipinski definition) is 0. The second-order valence-corrected chi connectivity index (χ2v) is 14.7. The van der Waals surface area contributed by atoms with Gasteiger partial charge in [-0.05, 0) is 73.6 Å². The van der Waals surface area contributed by atoms with Gasteiger partial charge < -0.3 is 33.3 Å². The molecule has 4 unspecified atom stereocenters. The van der Waals surface area contributed by atoms with Gasteiger partial charge in [-0.25, -0.2) is 0 Å². The van der Waals surface area contributed by atoms with Crippen LogP contribution in [0.4, 0.5) is 0 Å². The molecule has 260 valence electrons. The van der Waals surface area contributed by atoms with E-state index >= 15 is 0 Å². The van der Waals surface area contributed by atoms with Crippen molar-refractivity contribution in [2.75, 3.05) is 91.9 Å². The molecule has 0 amide bonds. The summed E-state index contributed by atoms with van der Waals surface area (Å²) in [6, 6.07) is 0. The zero-order chi connectivity index (χ0) is 32.1. The largest absolute Gasteiger partial charge is 0.380 e. The van der Waals surface area contributed by atoms with Crippen molar-refractivity contribution in [3.05, 3.63) is 0 Å². The quantitative estimate of drug-likeness (QED) is 0.154. The predicted octanol–water partition coefficient (Wildman–Crippen LogP) is 4.08. The van der Waals surface area contributed by atoms with Crippen molar-refractivity contribution in [1.29, 1.82) is 0 Å². The summed E-state index contributed by atoms with van der Waals surface area (Å²) in [6.45, 7) is 26.7. The molecule has 4 rings (SSSR count). The van der Waals surface area contributed by atoms with E-state index in [1.165, 1.54) is 13.1 Å². The predicted molar refractivity (Wildman–Crippen MR) is 179 cm³/mol. The number of hydrogen-bond acceptors (Lipinski definition) is 9. The normalized spacial score (nSPS) is 28.8. The van der Waals surface area contributed by atoms with Gasteiger partial charge in [0.2, 0.25) is 0 Å². The first kappa shape index (κ1) is 37.0. The molecule has 0 bridgehead atoms. The highest BCUT2D eigenvalue weighted by Gasteiger charge is 2.48. The highest BCUT2D eigenvalue weighted by atomic mass is 16.5. The Morgan fingerprint density at radius 2 is 1.33 bits per heavy atom. The van der Waals surface area contributed by atoms with Crippen LogP contribution >= 0.6 is 0 Å². The van der Waals surface area contributed by atoms with Gasteiger partial charge in [-0.1, -0.05) is 11.8 Å². The molecule has 9 nitrogen and oxygen atoms in total. The van der Waals surface area contributed by atoms with E-state index in [9.17, 15) is 0 Å². The molecule has 0 saturated carbocycles. The third-order valence-electron chi connectivity index (χ3n) is 9.33. The summed E-state index contributed by atoms with van der Waals surface area (Å²) in [7, 11) is 0. The van der Waals surface area contributed by atoms with Gasteiger partial charge in [-0.3, -0.25) is 9.80 Å². The van der Waals surface area contributed by atoms with Gasteiger partial charge in [-0.2, -0.15) is 0 Å². The highest BCUT2D eigenvalue weighted by molar-refractivity contribution is 5.08. The van der Waals surface area contributed by atoms with Crippen LogP contribution in [0.15, 0.2) is 0 Å². The molecule has 4 heterocycles. The number of ether oxygens (including phenoxy) is 6. The van der Waals surface area contributed by atoms with E-state index < -0.39 is 0 Å². The first-order valence-corrected chi connectivity index (χ1v) is 18.1. The highest BCUT2D eigenvalue weighted by Crippen LogP contribution is 2.37. The molecule has 4 aliphatic heterocycles. The first-order valence-electron chi connectivity index (χ1n) is 18.1. The van der Waals surface area contributed by atoms with E-state index in [2.05, 4.69) is 68.1 Å². The molecule has 0 N–H and O–H groups in total. The molecule has 45 heavy (non-hydrogen) atoms. The van der Waals surface area contributed by atoms with E-state index in [0.717, 1.165) is 117 Å². The smallest absolute Gasteiger partial charge is 0.131 e. The maximum absolute atomic E-state index is 6.25. The molecule has 4 saturated heterocycles.